The number of benzene rings is 1. The topological polar surface area (TPSA) is 41.1 Å². The number of aryl methyl sites for hydroxylation is 1. The van der Waals surface area contributed by atoms with Gasteiger partial charge >= 0.3 is 0 Å². The summed E-state index contributed by atoms with van der Waals surface area (Å²) in [4.78, 5) is 11.9. The smallest absolute Gasteiger partial charge is 0.252 e. The van der Waals surface area contributed by atoms with E-state index in [4.69, 9.17) is 11.6 Å². The van der Waals surface area contributed by atoms with Crippen LogP contribution < -0.4 is 10.6 Å². The van der Waals surface area contributed by atoms with Gasteiger partial charge in [0.15, 0.2) is 0 Å². The van der Waals surface area contributed by atoms with Gasteiger partial charge in [0.2, 0.25) is 0 Å². The first kappa shape index (κ1) is 13.4. The van der Waals surface area contributed by atoms with Crippen molar-refractivity contribution in [3.8, 4) is 0 Å². The first-order valence-electron chi connectivity index (χ1n) is 6.42. The van der Waals surface area contributed by atoms with Gasteiger partial charge in [-0.05, 0) is 56.5 Å². The van der Waals surface area contributed by atoms with E-state index in [1.54, 1.807) is 6.07 Å². The van der Waals surface area contributed by atoms with Crippen molar-refractivity contribution in [3.63, 3.8) is 0 Å². The first-order chi connectivity index (χ1) is 8.66. The summed E-state index contributed by atoms with van der Waals surface area (Å²) in [6.45, 7) is 4.85. The molecule has 0 aromatic heterocycles. The molecule has 4 heteroatoms. The van der Waals surface area contributed by atoms with Crippen LogP contribution in [0.5, 0.6) is 0 Å². The van der Waals surface area contributed by atoms with Gasteiger partial charge in [-0.25, -0.2) is 0 Å². The third-order valence-electron chi connectivity index (χ3n) is 3.37. The van der Waals surface area contributed by atoms with Crippen molar-refractivity contribution in [3.05, 3.63) is 34.3 Å². The maximum Gasteiger partial charge on any atom is 0.252 e. The maximum atomic E-state index is 11.9. The van der Waals surface area contributed by atoms with Crippen LogP contribution in [-0.2, 0) is 0 Å². The summed E-state index contributed by atoms with van der Waals surface area (Å²) >= 11 is 6.06. The zero-order valence-corrected chi connectivity index (χ0v) is 11.4. The SMILES string of the molecule is Cc1ccc(C(=O)NCCC2CCNC2)c(Cl)c1. The molecule has 2 rings (SSSR count). The normalized spacial score (nSPS) is 18.9. The molecule has 0 bridgehead atoms. The molecular weight excluding hydrogens is 248 g/mol. The predicted molar refractivity (Wildman–Crippen MR) is 74.1 cm³/mol. The van der Waals surface area contributed by atoms with Crippen molar-refractivity contribution in [1.29, 1.82) is 0 Å². The monoisotopic (exact) mass is 266 g/mol. The van der Waals surface area contributed by atoms with Gasteiger partial charge in [-0.2, -0.15) is 0 Å². The molecule has 1 fully saturated rings. The minimum Gasteiger partial charge on any atom is -0.352 e. The summed E-state index contributed by atoms with van der Waals surface area (Å²) < 4.78 is 0. The standard InChI is InChI=1S/C14H19ClN2O/c1-10-2-3-12(13(15)8-10)14(18)17-7-5-11-4-6-16-9-11/h2-3,8,11,16H,4-7,9H2,1H3,(H,17,18). The Morgan fingerprint density at radius 1 is 1.56 bits per heavy atom. The number of halogens is 1. The van der Waals surface area contributed by atoms with Crippen molar-refractivity contribution in [2.75, 3.05) is 19.6 Å². The quantitative estimate of drug-likeness (QED) is 0.879. The Kier molecular flexibility index (Phi) is 4.61. The van der Waals surface area contributed by atoms with Gasteiger partial charge in [-0.3, -0.25) is 4.79 Å². The average Bonchev–Trinajstić information content (AvgIpc) is 2.81. The molecule has 2 N–H and O–H groups in total. The van der Waals surface area contributed by atoms with Gasteiger partial charge in [0, 0.05) is 6.54 Å². The van der Waals surface area contributed by atoms with Crippen molar-refractivity contribution < 1.29 is 4.79 Å². The number of hydrogen-bond donors (Lipinski definition) is 2. The Labute approximate surface area is 113 Å². The van der Waals surface area contributed by atoms with E-state index in [0.717, 1.165) is 31.6 Å². The fourth-order valence-electron chi connectivity index (χ4n) is 2.25. The van der Waals surface area contributed by atoms with Crippen LogP contribution in [0.15, 0.2) is 18.2 Å². The van der Waals surface area contributed by atoms with E-state index in [-0.39, 0.29) is 5.91 Å². The number of carbonyl (C=O) groups is 1. The van der Waals surface area contributed by atoms with Crippen LogP contribution in [0.4, 0.5) is 0 Å². The first-order valence-corrected chi connectivity index (χ1v) is 6.79. The summed E-state index contributed by atoms with van der Waals surface area (Å²) in [7, 11) is 0. The largest absolute Gasteiger partial charge is 0.352 e. The van der Waals surface area contributed by atoms with Crippen molar-refractivity contribution in [2.45, 2.75) is 19.8 Å². The van der Waals surface area contributed by atoms with Crippen molar-refractivity contribution in [1.82, 2.24) is 10.6 Å². The van der Waals surface area contributed by atoms with E-state index in [0.29, 0.717) is 16.5 Å². The lowest BCUT2D eigenvalue weighted by Crippen LogP contribution is -2.26. The van der Waals surface area contributed by atoms with Gasteiger partial charge in [0.05, 0.1) is 10.6 Å². The summed E-state index contributed by atoms with van der Waals surface area (Å²) in [6.07, 6.45) is 2.24. The second-order valence-corrected chi connectivity index (χ2v) is 5.29. The van der Waals surface area contributed by atoms with E-state index in [2.05, 4.69) is 10.6 Å². The molecule has 1 atom stereocenters. The van der Waals surface area contributed by atoms with Gasteiger partial charge in [0.25, 0.3) is 5.91 Å². The fraction of sp³-hybridized carbons (Fsp3) is 0.500. The fourth-order valence-corrected chi connectivity index (χ4v) is 2.57. The van der Waals surface area contributed by atoms with E-state index >= 15 is 0 Å². The number of rotatable bonds is 4. The second-order valence-electron chi connectivity index (χ2n) is 4.89. The number of hydrogen-bond acceptors (Lipinski definition) is 2. The minimum absolute atomic E-state index is 0.0778. The van der Waals surface area contributed by atoms with E-state index < -0.39 is 0 Å². The minimum atomic E-state index is -0.0778. The van der Waals surface area contributed by atoms with Crippen LogP contribution in [-0.4, -0.2) is 25.5 Å². The van der Waals surface area contributed by atoms with Crippen LogP contribution in [0.1, 0.15) is 28.8 Å². The lowest BCUT2D eigenvalue weighted by atomic mass is 10.1. The van der Waals surface area contributed by atoms with E-state index in [1.807, 2.05) is 19.1 Å². The summed E-state index contributed by atoms with van der Waals surface area (Å²) in [5.41, 5.74) is 1.63. The second kappa shape index (κ2) is 6.21. The Morgan fingerprint density at radius 3 is 3.06 bits per heavy atom. The maximum absolute atomic E-state index is 11.9. The zero-order chi connectivity index (χ0) is 13.0. The number of amides is 1. The van der Waals surface area contributed by atoms with Crippen molar-refractivity contribution in [2.24, 2.45) is 5.92 Å². The molecule has 18 heavy (non-hydrogen) atoms. The zero-order valence-electron chi connectivity index (χ0n) is 10.6. The molecule has 0 radical (unpaired) electrons. The molecule has 0 saturated carbocycles. The Bertz CT molecular complexity index is 428. The summed E-state index contributed by atoms with van der Waals surface area (Å²) in [5.74, 6) is 0.616. The number of carbonyl (C=O) groups excluding carboxylic acids is 1. The van der Waals surface area contributed by atoms with Gasteiger partial charge in [0.1, 0.15) is 0 Å². The molecule has 1 saturated heterocycles. The Hall–Kier alpha value is -1.06. The van der Waals surface area contributed by atoms with E-state index in [9.17, 15) is 4.79 Å². The third-order valence-corrected chi connectivity index (χ3v) is 3.68. The molecule has 3 nitrogen and oxygen atoms in total. The van der Waals surface area contributed by atoms with E-state index in [1.165, 1.54) is 6.42 Å². The molecule has 1 aromatic carbocycles. The molecule has 1 amide bonds. The Balaban J connectivity index is 1.83. The molecule has 0 spiro atoms. The molecular formula is C14H19ClN2O. The van der Waals surface area contributed by atoms with Gasteiger partial charge in [-0.1, -0.05) is 17.7 Å². The molecule has 1 heterocycles. The summed E-state index contributed by atoms with van der Waals surface area (Å²) in [6, 6.07) is 5.50. The number of nitrogens with one attached hydrogen (secondary N) is 2. The van der Waals surface area contributed by atoms with Gasteiger partial charge in [-0.15, -0.1) is 0 Å². The molecule has 98 valence electrons. The molecule has 1 aliphatic rings. The lowest BCUT2D eigenvalue weighted by molar-refractivity contribution is 0.0952. The highest BCUT2D eigenvalue weighted by Gasteiger charge is 2.15. The van der Waals surface area contributed by atoms with Crippen LogP contribution >= 0.6 is 11.6 Å². The molecule has 1 unspecified atom stereocenters. The molecule has 1 aromatic rings. The van der Waals surface area contributed by atoms with Crippen LogP contribution in [0.2, 0.25) is 5.02 Å². The van der Waals surface area contributed by atoms with Crippen molar-refractivity contribution >= 4 is 17.5 Å². The Morgan fingerprint density at radius 2 is 2.39 bits per heavy atom. The van der Waals surface area contributed by atoms with Crippen LogP contribution in [0.25, 0.3) is 0 Å². The molecule has 1 aliphatic heterocycles. The van der Waals surface area contributed by atoms with Crippen LogP contribution in [0, 0.1) is 12.8 Å². The molecule has 0 aliphatic carbocycles. The highest BCUT2D eigenvalue weighted by atomic mass is 35.5. The average molecular weight is 267 g/mol. The lowest BCUT2D eigenvalue weighted by Gasteiger charge is -2.10. The summed E-state index contributed by atoms with van der Waals surface area (Å²) in [5, 5.41) is 6.78. The third kappa shape index (κ3) is 3.47. The van der Waals surface area contributed by atoms with Gasteiger partial charge < -0.3 is 10.6 Å². The predicted octanol–water partition coefficient (Wildman–Crippen LogP) is 2.38. The highest BCUT2D eigenvalue weighted by molar-refractivity contribution is 6.33. The highest BCUT2D eigenvalue weighted by Crippen LogP contribution is 2.17. The van der Waals surface area contributed by atoms with Crippen LogP contribution in [0.3, 0.4) is 0 Å².